The molecule has 4 rings (SSSR count). The predicted molar refractivity (Wildman–Crippen MR) is 138 cm³/mol. The first-order valence-corrected chi connectivity index (χ1v) is 14.8. The summed E-state index contributed by atoms with van der Waals surface area (Å²) in [6.45, 7) is 5.17. The van der Waals surface area contributed by atoms with E-state index < -0.39 is 14.7 Å². The maximum absolute atomic E-state index is 6.24. The van der Waals surface area contributed by atoms with Gasteiger partial charge in [0.1, 0.15) is 0 Å². The molecule has 35 heavy (non-hydrogen) atoms. The third kappa shape index (κ3) is 8.09. The second-order valence-corrected chi connectivity index (χ2v) is 12.3. The van der Waals surface area contributed by atoms with E-state index in [9.17, 15) is 0 Å². The van der Waals surface area contributed by atoms with Crippen LogP contribution in [0.3, 0.4) is 0 Å². The Balaban J connectivity index is 1.61. The van der Waals surface area contributed by atoms with Gasteiger partial charge in [-0.2, -0.15) is 0 Å². The van der Waals surface area contributed by atoms with Gasteiger partial charge in [0.15, 0.2) is 0 Å². The van der Waals surface area contributed by atoms with E-state index in [1.54, 1.807) is 0 Å². The van der Waals surface area contributed by atoms with Crippen LogP contribution >= 0.6 is 0 Å². The monoisotopic (exact) mass is 540 g/mol. The molecule has 0 aromatic heterocycles. The van der Waals surface area contributed by atoms with Crippen molar-refractivity contribution in [2.24, 2.45) is 0 Å². The average Bonchev–Trinajstić information content (AvgIpc) is 2.90. The van der Waals surface area contributed by atoms with Gasteiger partial charge in [0.2, 0.25) is 0 Å². The molecule has 0 atom stereocenters. The Hall–Kier alpha value is -2.34. The van der Waals surface area contributed by atoms with E-state index in [4.69, 9.17) is 28.4 Å². The molecular weight excluding hydrogens is 507 g/mol. The van der Waals surface area contributed by atoms with Crippen molar-refractivity contribution < 1.29 is 28.4 Å². The molecule has 0 saturated heterocycles. The average molecular weight is 540 g/mol. The summed E-state index contributed by atoms with van der Waals surface area (Å²) in [6.07, 6.45) is 0. The van der Waals surface area contributed by atoms with Crippen LogP contribution in [-0.4, -0.2) is 80.7 Å². The van der Waals surface area contributed by atoms with Gasteiger partial charge in [0.05, 0.1) is 0 Å². The summed E-state index contributed by atoms with van der Waals surface area (Å²) >= 11 is -1.98. The van der Waals surface area contributed by atoms with E-state index in [-0.39, 0.29) is 0 Å². The molecule has 0 bridgehead atoms. The summed E-state index contributed by atoms with van der Waals surface area (Å²) in [7, 11) is 0. The van der Waals surface area contributed by atoms with Gasteiger partial charge in [-0.3, -0.25) is 0 Å². The molecule has 0 unspecified atom stereocenters. The van der Waals surface area contributed by atoms with Crippen molar-refractivity contribution in [2.45, 2.75) is 0 Å². The van der Waals surface area contributed by atoms with Crippen molar-refractivity contribution in [1.29, 1.82) is 0 Å². The number of benzene rings is 3. The first-order chi connectivity index (χ1) is 17.4. The van der Waals surface area contributed by atoms with E-state index in [0.29, 0.717) is 66.1 Å². The van der Waals surface area contributed by atoms with E-state index in [1.807, 2.05) is 12.1 Å². The van der Waals surface area contributed by atoms with E-state index >= 15 is 0 Å². The zero-order valence-corrected chi connectivity index (χ0v) is 21.8. The summed E-state index contributed by atoms with van der Waals surface area (Å²) in [5, 5.41) is 0. The fraction of sp³-hybridized carbons (Fsp3) is 0.357. The standard InChI is InChI=1S/C28H33AsO6/c1-2-8-24(9-3-1)29-25-10-4-6-12-27(25)34-22-20-32-18-16-30-14-15-31-17-19-33-21-23-35-28-13-7-5-11-26(28)29/h1-13H,14-23H2. The third-order valence-electron chi connectivity index (χ3n) is 5.31. The van der Waals surface area contributed by atoms with Crippen LogP contribution in [0.25, 0.3) is 0 Å². The Morgan fingerprint density at radius 2 is 0.771 bits per heavy atom. The summed E-state index contributed by atoms with van der Waals surface area (Å²) < 4.78 is 38.7. The van der Waals surface area contributed by atoms with Gasteiger partial charge in [-0.05, 0) is 0 Å². The fourth-order valence-corrected chi connectivity index (χ4v) is 8.89. The van der Waals surface area contributed by atoms with Crippen LogP contribution < -0.4 is 22.5 Å². The molecule has 0 saturated carbocycles. The first-order valence-electron chi connectivity index (χ1n) is 12.0. The van der Waals surface area contributed by atoms with Gasteiger partial charge in [0.25, 0.3) is 0 Å². The molecule has 0 N–H and O–H groups in total. The van der Waals surface area contributed by atoms with Crippen LogP contribution in [0.1, 0.15) is 0 Å². The predicted octanol–water partition coefficient (Wildman–Crippen LogP) is 2.04. The zero-order chi connectivity index (χ0) is 24.0. The van der Waals surface area contributed by atoms with Crippen molar-refractivity contribution in [3.8, 4) is 11.5 Å². The minimum atomic E-state index is -1.98. The molecule has 0 amide bonds. The van der Waals surface area contributed by atoms with Crippen LogP contribution in [-0.2, 0) is 18.9 Å². The van der Waals surface area contributed by atoms with Crippen molar-refractivity contribution in [2.75, 3.05) is 66.1 Å². The van der Waals surface area contributed by atoms with Crippen LogP contribution in [0.5, 0.6) is 11.5 Å². The number of para-hydroxylation sites is 2. The fourth-order valence-electron chi connectivity index (χ4n) is 3.70. The van der Waals surface area contributed by atoms with E-state index in [2.05, 4.69) is 66.7 Å². The van der Waals surface area contributed by atoms with Gasteiger partial charge in [-0.25, -0.2) is 0 Å². The van der Waals surface area contributed by atoms with E-state index in [0.717, 1.165) is 11.5 Å². The second-order valence-electron chi connectivity index (χ2n) is 7.75. The number of rotatable bonds is 1. The Bertz CT molecular complexity index is 938. The molecule has 186 valence electrons. The Morgan fingerprint density at radius 3 is 1.23 bits per heavy atom. The molecule has 7 heteroatoms. The SMILES string of the molecule is c1ccc([As]2c3ccccc3OCCOCCOCCOCCOCCOc3ccccc32)cc1. The summed E-state index contributed by atoms with van der Waals surface area (Å²) in [5.74, 6) is 1.80. The van der Waals surface area contributed by atoms with Crippen LogP contribution in [0, 0.1) is 0 Å². The summed E-state index contributed by atoms with van der Waals surface area (Å²) in [5.41, 5.74) is 0. The number of hydrogen-bond acceptors (Lipinski definition) is 6. The Kier molecular flexibility index (Phi) is 11.0. The number of ether oxygens (including phenoxy) is 6. The molecule has 6 nitrogen and oxygen atoms in total. The molecule has 3 aromatic rings. The molecule has 0 spiro atoms. The molecule has 1 aliphatic heterocycles. The van der Waals surface area contributed by atoms with Gasteiger partial charge >= 0.3 is 213 Å². The first kappa shape index (κ1) is 25.7. The molecule has 0 aliphatic carbocycles. The van der Waals surface area contributed by atoms with Crippen LogP contribution in [0.4, 0.5) is 0 Å². The summed E-state index contributed by atoms with van der Waals surface area (Å²) in [6, 6.07) is 27.4. The molecule has 3 aromatic carbocycles. The zero-order valence-electron chi connectivity index (χ0n) is 20.0. The summed E-state index contributed by atoms with van der Waals surface area (Å²) in [4.78, 5) is 0. The number of hydrogen-bond donors (Lipinski definition) is 0. The van der Waals surface area contributed by atoms with Crippen molar-refractivity contribution >= 4 is 27.7 Å². The molecule has 1 aliphatic rings. The van der Waals surface area contributed by atoms with Crippen molar-refractivity contribution in [1.82, 2.24) is 0 Å². The second kappa shape index (κ2) is 14.9. The molecule has 1 heterocycles. The van der Waals surface area contributed by atoms with Crippen molar-refractivity contribution in [3.63, 3.8) is 0 Å². The Labute approximate surface area is 212 Å². The molecular formula is C28H33AsO6. The maximum atomic E-state index is 6.24. The van der Waals surface area contributed by atoms with Crippen LogP contribution in [0.15, 0.2) is 78.9 Å². The van der Waals surface area contributed by atoms with Crippen molar-refractivity contribution in [3.05, 3.63) is 78.9 Å². The topological polar surface area (TPSA) is 55.4 Å². The van der Waals surface area contributed by atoms with Crippen LogP contribution in [0.2, 0.25) is 0 Å². The Morgan fingerprint density at radius 1 is 0.400 bits per heavy atom. The molecule has 0 fully saturated rings. The number of fused-ring (bicyclic) bond motifs is 2. The van der Waals surface area contributed by atoms with Gasteiger partial charge < -0.3 is 0 Å². The minimum absolute atomic E-state index is 0.479. The molecule has 0 radical (unpaired) electrons. The third-order valence-corrected chi connectivity index (χ3v) is 10.6. The van der Waals surface area contributed by atoms with Gasteiger partial charge in [-0.1, -0.05) is 0 Å². The normalized spacial score (nSPS) is 17.6. The van der Waals surface area contributed by atoms with E-state index in [1.165, 1.54) is 13.1 Å². The quantitative estimate of drug-likeness (QED) is 0.441. The van der Waals surface area contributed by atoms with Gasteiger partial charge in [-0.15, -0.1) is 0 Å². The van der Waals surface area contributed by atoms with Gasteiger partial charge in [0, 0.05) is 0 Å².